The number of hydrogen-bond donors (Lipinski definition) is 0. The number of rotatable bonds is 4. The third-order valence-electron chi connectivity index (χ3n) is 1.77. The van der Waals surface area contributed by atoms with E-state index in [0.29, 0.717) is 0 Å². The Morgan fingerprint density at radius 1 is 1.36 bits per heavy atom. The van der Waals surface area contributed by atoms with Gasteiger partial charge in [0.05, 0.1) is 17.8 Å². The summed E-state index contributed by atoms with van der Waals surface area (Å²) in [6, 6.07) is 0. The Bertz CT molecular complexity index is 286. The lowest BCUT2D eigenvalue weighted by molar-refractivity contribution is -0.139. The van der Waals surface area contributed by atoms with Crippen molar-refractivity contribution in [3.63, 3.8) is 0 Å². The van der Waals surface area contributed by atoms with Gasteiger partial charge in [0, 0.05) is 0 Å². The van der Waals surface area contributed by atoms with Crippen molar-refractivity contribution in [2.45, 2.75) is 19.8 Å². The van der Waals surface area contributed by atoms with Gasteiger partial charge in [-0.25, -0.2) is 4.79 Å². The zero-order chi connectivity index (χ0) is 10.6. The maximum Gasteiger partial charge on any atom is 0.341 e. The van der Waals surface area contributed by atoms with Crippen LogP contribution in [-0.2, 0) is 19.1 Å². The van der Waals surface area contributed by atoms with Crippen LogP contribution in [0.15, 0.2) is 24.7 Å². The molecule has 4 nitrogen and oxygen atoms in total. The molecule has 1 rings (SSSR count). The van der Waals surface area contributed by atoms with Crippen molar-refractivity contribution in [2.24, 2.45) is 5.92 Å². The minimum atomic E-state index is -0.566. The molecule has 1 fully saturated rings. The molecule has 0 saturated heterocycles. The molecule has 0 heterocycles. The molecule has 0 amide bonds. The summed E-state index contributed by atoms with van der Waals surface area (Å²) in [5.74, 6) is -0.825. The van der Waals surface area contributed by atoms with Crippen LogP contribution in [0.2, 0.25) is 0 Å². The summed E-state index contributed by atoms with van der Waals surface area (Å²) in [5, 5.41) is 0. The molecule has 0 atom stereocenters. The fourth-order valence-electron chi connectivity index (χ4n) is 0.778. The second kappa shape index (κ2) is 4.60. The molecular weight excluding hydrogens is 184 g/mol. The third kappa shape index (κ3) is 3.05. The van der Waals surface area contributed by atoms with Crippen molar-refractivity contribution in [2.75, 3.05) is 0 Å². The lowest BCUT2D eigenvalue weighted by atomic mass is 10.3. The van der Waals surface area contributed by atoms with Crippen LogP contribution in [0, 0.1) is 5.92 Å². The fraction of sp³-hybridized carbons (Fsp3) is 0.400. The summed E-state index contributed by atoms with van der Waals surface area (Å²) in [4.78, 5) is 22.0. The molecule has 0 spiro atoms. The number of ether oxygens (including phenoxy) is 2. The van der Waals surface area contributed by atoms with Gasteiger partial charge in [0.15, 0.2) is 0 Å². The van der Waals surface area contributed by atoms with Gasteiger partial charge in [-0.2, -0.15) is 0 Å². The maximum absolute atomic E-state index is 11.1. The zero-order valence-electron chi connectivity index (χ0n) is 7.99. The van der Waals surface area contributed by atoms with Gasteiger partial charge in [0.2, 0.25) is 0 Å². The highest BCUT2D eigenvalue weighted by Gasteiger charge is 2.31. The molecular formula is C10H12O4. The van der Waals surface area contributed by atoms with Crippen LogP contribution >= 0.6 is 0 Å². The van der Waals surface area contributed by atoms with E-state index >= 15 is 0 Å². The highest BCUT2D eigenvalue weighted by Crippen LogP contribution is 2.30. The molecule has 0 aromatic carbocycles. The van der Waals surface area contributed by atoms with Crippen molar-refractivity contribution >= 4 is 11.9 Å². The summed E-state index contributed by atoms with van der Waals surface area (Å²) in [6.07, 6.45) is 3.90. The summed E-state index contributed by atoms with van der Waals surface area (Å²) >= 11 is 0. The largest absolute Gasteiger partial charge is 0.434 e. The molecule has 0 radical (unpaired) electrons. The van der Waals surface area contributed by atoms with E-state index in [2.05, 4.69) is 11.3 Å². The van der Waals surface area contributed by atoms with Gasteiger partial charge < -0.3 is 9.47 Å². The number of carbonyl (C=O) groups is 2. The fourth-order valence-corrected chi connectivity index (χ4v) is 0.778. The van der Waals surface area contributed by atoms with Crippen LogP contribution in [0.1, 0.15) is 19.8 Å². The van der Waals surface area contributed by atoms with Gasteiger partial charge in [0.1, 0.15) is 6.26 Å². The summed E-state index contributed by atoms with van der Waals surface area (Å²) in [6.45, 7) is 4.74. The van der Waals surface area contributed by atoms with E-state index in [1.165, 1.54) is 6.92 Å². The molecule has 0 aromatic rings. The monoisotopic (exact) mass is 196 g/mol. The zero-order valence-corrected chi connectivity index (χ0v) is 7.99. The molecule has 14 heavy (non-hydrogen) atoms. The van der Waals surface area contributed by atoms with Crippen LogP contribution in [0.25, 0.3) is 0 Å². The first-order chi connectivity index (χ1) is 6.65. The minimum Gasteiger partial charge on any atom is -0.434 e. The highest BCUT2D eigenvalue weighted by atomic mass is 16.5. The Morgan fingerprint density at radius 2 is 2.00 bits per heavy atom. The Labute approximate surface area is 82.2 Å². The third-order valence-corrected chi connectivity index (χ3v) is 1.77. The predicted octanol–water partition coefficient (Wildman–Crippen LogP) is 1.53. The molecule has 76 valence electrons. The smallest absolute Gasteiger partial charge is 0.341 e. The first kappa shape index (κ1) is 10.5. The standard InChI is InChI=1S/C10H12O4/c1-3-13-9(11)7(2)6-14-10(12)8-4-5-8/h3,6,8H,1,4-5H2,2H3/b7-6+. The normalized spacial score (nSPS) is 15.9. The van der Waals surface area contributed by atoms with E-state index in [4.69, 9.17) is 4.74 Å². The van der Waals surface area contributed by atoms with Crippen LogP contribution < -0.4 is 0 Å². The summed E-state index contributed by atoms with van der Waals surface area (Å²) in [5.41, 5.74) is 0.235. The van der Waals surface area contributed by atoms with Gasteiger partial charge in [-0.1, -0.05) is 6.58 Å². The minimum absolute atomic E-state index is 0.0227. The summed E-state index contributed by atoms with van der Waals surface area (Å²) in [7, 11) is 0. The molecule has 0 unspecified atom stereocenters. The van der Waals surface area contributed by atoms with E-state index in [1.54, 1.807) is 0 Å². The van der Waals surface area contributed by atoms with Gasteiger partial charge in [-0.15, -0.1) is 0 Å². The Kier molecular flexibility index (Phi) is 3.45. The van der Waals surface area contributed by atoms with Crippen LogP contribution in [0.5, 0.6) is 0 Å². The van der Waals surface area contributed by atoms with Crippen molar-refractivity contribution in [3.8, 4) is 0 Å². The van der Waals surface area contributed by atoms with E-state index in [1.807, 2.05) is 0 Å². The van der Waals surface area contributed by atoms with Gasteiger partial charge in [-0.05, 0) is 19.8 Å². The summed E-state index contributed by atoms with van der Waals surface area (Å²) < 4.78 is 9.24. The second-order valence-electron chi connectivity index (χ2n) is 3.08. The van der Waals surface area contributed by atoms with Crippen molar-refractivity contribution < 1.29 is 19.1 Å². The van der Waals surface area contributed by atoms with Crippen molar-refractivity contribution in [1.82, 2.24) is 0 Å². The Morgan fingerprint density at radius 3 is 2.50 bits per heavy atom. The lowest BCUT2D eigenvalue weighted by Crippen LogP contribution is -2.05. The first-order valence-corrected chi connectivity index (χ1v) is 4.34. The van der Waals surface area contributed by atoms with Crippen molar-refractivity contribution in [3.05, 3.63) is 24.7 Å². The van der Waals surface area contributed by atoms with Gasteiger partial charge in [0.25, 0.3) is 0 Å². The van der Waals surface area contributed by atoms with E-state index < -0.39 is 5.97 Å². The van der Waals surface area contributed by atoms with Crippen molar-refractivity contribution in [1.29, 1.82) is 0 Å². The van der Waals surface area contributed by atoms with Crippen LogP contribution in [-0.4, -0.2) is 11.9 Å². The molecule has 0 aromatic heterocycles. The highest BCUT2D eigenvalue weighted by molar-refractivity contribution is 5.88. The van der Waals surface area contributed by atoms with E-state index in [0.717, 1.165) is 25.4 Å². The molecule has 4 heteroatoms. The van der Waals surface area contributed by atoms with Crippen LogP contribution in [0.4, 0.5) is 0 Å². The second-order valence-corrected chi connectivity index (χ2v) is 3.08. The SMILES string of the molecule is C=COC(=O)/C(C)=C/OC(=O)C1CC1. The molecule has 0 bridgehead atoms. The quantitative estimate of drug-likeness (QED) is 0.388. The average Bonchev–Trinajstić information content (AvgIpc) is 2.97. The van der Waals surface area contributed by atoms with E-state index in [9.17, 15) is 9.59 Å². The van der Waals surface area contributed by atoms with Crippen LogP contribution in [0.3, 0.4) is 0 Å². The molecule has 1 saturated carbocycles. The predicted molar refractivity (Wildman–Crippen MR) is 48.9 cm³/mol. The molecule has 0 N–H and O–H groups in total. The average molecular weight is 196 g/mol. The lowest BCUT2D eigenvalue weighted by Gasteiger charge is -1.99. The number of carbonyl (C=O) groups excluding carboxylic acids is 2. The van der Waals surface area contributed by atoms with Gasteiger partial charge in [-0.3, -0.25) is 4.79 Å². The Balaban J connectivity index is 2.38. The molecule has 1 aliphatic carbocycles. The van der Waals surface area contributed by atoms with Gasteiger partial charge >= 0.3 is 11.9 Å². The number of hydrogen-bond acceptors (Lipinski definition) is 4. The topological polar surface area (TPSA) is 52.6 Å². The maximum atomic E-state index is 11.1. The van der Waals surface area contributed by atoms with E-state index in [-0.39, 0.29) is 17.5 Å². The molecule has 0 aliphatic heterocycles. The number of esters is 2. The molecule has 1 aliphatic rings. The first-order valence-electron chi connectivity index (χ1n) is 4.34. The Hall–Kier alpha value is -1.58.